The Hall–Kier alpha value is -2.20. The zero-order valence-corrected chi connectivity index (χ0v) is 10.7. The standard InChI is InChI=1S/C15H17NO3/c1-10(17)12-4-2-3-5-13(12)16-9-11-6-7-14(18)15(19)8-11/h2-8,10,16-19H,9H2,1H3. The van der Waals surface area contributed by atoms with Crippen LogP contribution in [0.2, 0.25) is 0 Å². The third-order valence-electron chi connectivity index (χ3n) is 2.93. The van der Waals surface area contributed by atoms with Gasteiger partial charge in [0, 0.05) is 17.8 Å². The molecule has 0 aliphatic carbocycles. The van der Waals surface area contributed by atoms with Gasteiger partial charge in [-0.1, -0.05) is 24.3 Å². The van der Waals surface area contributed by atoms with E-state index >= 15 is 0 Å². The van der Waals surface area contributed by atoms with E-state index < -0.39 is 6.10 Å². The third-order valence-corrected chi connectivity index (χ3v) is 2.93. The topological polar surface area (TPSA) is 72.7 Å². The fourth-order valence-electron chi connectivity index (χ4n) is 1.90. The van der Waals surface area contributed by atoms with E-state index in [1.807, 2.05) is 24.3 Å². The lowest BCUT2D eigenvalue weighted by Crippen LogP contribution is -2.04. The Morgan fingerprint density at radius 3 is 2.47 bits per heavy atom. The highest BCUT2D eigenvalue weighted by molar-refractivity contribution is 5.52. The van der Waals surface area contributed by atoms with E-state index in [0.29, 0.717) is 6.54 Å². The predicted molar refractivity (Wildman–Crippen MR) is 74.2 cm³/mol. The summed E-state index contributed by atoms with van der Waals surface area (Å²) in [7, 11) is 0. The zero-order valence-electron chi connectivity index (χ0n) is 10.7. The van der Waals surface area contributed by atoms with Crippen LogP contribution in [0.15, 0.2) is 42.5 Å². The lowest BCUT2D eigenvalue weighted by atomic mass is 10.1. The largest absolute Gasteiger partial charge is 0.504 e. The Labute approximate surface area is 112 Å². The van der Waals surface area contributed by atoms with Gasteiger partial charge < -0.3 is 20.6 Å². The first-order chi connectivity index (χ1) is 9.08. The zero-order chi connectivity index (χ0) is 13.8. The third kappa shape index (κ3) is 3.17. The van der Waals surface area contributed by atoms with E-state index in [0.717, 1.165) is 16.8 Å². The fraction of sp³-hybridized carbons (Fsp3) is 0.200. The molecule has 0 bridgehead atoms. The molecule has 2 rings (SSSR count). The maximum atomic E-state index is 9.67. The van der Waals surface area contributed by atoms with E-state index in [1.165, 1.54) is 12.1 Å². The number of para-hydroxylation sites is 1. The van der Waals surface area contributed by atoms with Gasteiger partial charge in [0.15, 0.2) is 11.5 Å². The maximum absolute atomic E-state index is 9.67. The molecule has 4 heteroatoms. The van der Waals surface area contributed by atoms with E-state index in [4.69, 9.17) is 0 Å². The summed E-state index contributed by atoms with van der Waals surface area (Å²) < 4.78 is 0. The number of phenolic OH excluding ortho intramolecular Hbond substituents is 2. The summed E-state index contributed by atoms with van der Waals surface area (Å²) in [6.07, 6.45) is -0.545. The maximum Gasteiger partial charge on any atom is 0.157 e. The van der Waals surface area contributed by atoms with Crippen LogP contribution in [0.1, 0.15) is 24.2 Å². The van der Waals surface area contributed by atoms with Crippen molar-refractivity contribution in [3.05, 3.63) is 53.6 Å². The number of aliphatic hydroxyl groups is 1. The average Bonchev–Trinajstić information content (AvgIpc) is 2.40. The van der Waals surface area contributed by atoms with Crippen LogP contribution in [0.5, 0.6) is 11.5 Å². The van der Waals surface area contributed by atoms with Crippen molar-refractivity contribution in [3.63, 3.8) is 0 Å². The molecule has 0 amide bonds. The Kier molecular flexibility index (Phi) is 3.92. The molecule has 0 aromatic heterocycles. The number of aromatic hydroxyl groups is 2. The Morgan fingerprint density at radius 2 is 1.79 bits per heavy atom. The van der Waals surface area contributed by atoms with Crippen molar-refractivity contribution in [1.82, 2.24) is 0 Å². The van der Waals surface area contributed by atoms with Crippen molar-refractivity contribution in [2.45, 2.75) is 19.6 Å². The van der Waals surface area contributed by atoms with E-state index in [9.17, 15) is 15.3 Å². The summed E-state index contributed by atoms with van der Waals surface area (Å²) >= 11 is 0. The quantitative estimate of drug-likeness (QED) is 0.637. The molecule has 0 spiro atoms. The number of benzene rings is 2. The second kappa shape index (κ2) is 5.63. The number of nitrogens with one attached hydrogen (secondary N) is 1. The van der Waals surface area contributed by atoms with Crippen molar-refractivity contribution in [2.24, 2.45) is 0 Å². The van der Waals surface area contributed by atoms with Gasteiger partial charge in [0.05, 0.1) is 6.10 Å². The SMILES string of the molecule is CC(O)c1ccccc1NCc1ccc(O)c(O)c1. The van der Waals surface area contributed by atoms with E-state index in [1.54, 1.807) is 13.0 Å². The van der Waals surface area contributed by atoms with Gasteiger partial charge in [-0.3, -0.25) is 0 Å². The molecule has 100 valence electrons. The highest BCUT2D eigenvalue weighted by Crippen LogP contribution is 2.26. The van der Waals surface area contributed by atoms with Crippen LogP contribution in [-0.2, 0) is 6.54 Å². The van der Waals surface area contributed by atoms with Crippen LogP contribution >= 0.6 is 0 Å². The van der Waals surface area contributed by atoms with Crippen LogP contribution < -0.4 is 5.32 Å². The summed E-state index contributed by atoms with van der Waals surface area (Å²) in [6, 6.07) is 12.2. The summed E-state index contributed by atoms with van der Waals surface area (Å²) in [5, 5.41) is 31.5. The van der Waals surface area contributed by atoms with Gasteiger partial charge in [-0.25, -0.2) is 0 Å². The predicted octanol–water partition coefficient (Wildman–Crippen LogP) is 2.76. The van der Waals surface area contributed by atoms with Crippen LogP contribution in [0, 0.1) is 0 Å². The molecule has 4 N–H and O–H groups in total. The molecular formula is C15H17NO3. The van der Waals surface area contributed by atoms with Crippen molar-refractivity contribution >= 4 is 5.69 Å². The second-order valence-electron chi connectivity index (χ2n) is 4.44. The highest BCUT2D eigenvalue weighted by atomic mass is 16.3. The summed E-state index contributed by atoms with van der Waals surface area (Å²) in [5.41, 5.74) is 2.52. The molecular weight excluding hydrogens is 242 g/mol. The van der Waals surface area contributed by atoms with Crippen LogP contribution in [0.25, 0.3) is 0 Å². The molecule has 2 aromatic carbocycles. The van der Waals surface area contributed by atoms with Crippen LogP contribution in [-0.4, -0.2) is 15.3 Å². The summed E-state index contributed by atoms with van der Waals surface area (Å²) in [4.78, 5) is 0. The normalized spacial score (nSPS) is 12.1. The van der Waals surface area contributed by atoms with Gasteiger partial charge in [-0.15, -0.1) is 0 Å². The lowest BCUT2D eigenvalue weighted by Gasteiger charge is -2.14. The van der Waals surface area contributed by atoms with Crippen LogP contribution in [0.4, 0.5) is 5.69 Å². The smallest absolute Gasteiger partial charge is 0.157 e. The minimum Gasteiger partial charge on any atom is -0.504 e. The Bertz CT molecular complexity index is 567. The first-order valence-corrected chi connectivity index (χ1v) is 6.09. The van der Waals surface area contributed by atoms with Gasteiger partial charge in [-0.05, 0) is 30.7 Å². The molecule has 0 heterocycles. The first-order valence-electron chi connectivity index (χ1n) is 6.09. The Balaban J connectivity index is 2.12. The molecule has 2 aromatic rings. The number of phenols is 2. The molecule has 1 atom stereocenters. The molecule has 0 aliphatic rings. The Morgan fingerprint density at radius 1 is 1.05 bits per heavy atom. The van der Waals surface area contributed by atoms with Crippen LogP contribution in [0.3, 0.4) is 0 Å². The summed E-state index contributed by atoms with van der Waals surface area (Å²) in [6.45, 7) is 2.21. The van der Waals surface area contributed by atoms with Gasteiger partial charge in [0.25, 0.3) is 0 Å². The molecule has 19 heavy (non-hydrogen) atoms. The molecule has 0 saturated heterocycles. The lowest BCUT2D eigenvalue weighted by molar-refractivity contribution is 0.200. The van der Waals surface area contributed by atoms with Gasteiger partial charge in [0.1, 0.15) is 0 Å². The number of aliphatic hydroxyl groups excluding tert-OH is 1. The van der Waals surface area contributed by atoms with E-state index in [2.05, 4.69) is 5.32 Å². The number of hydrogen-bond acceptors (Lipinski definition) is 4. The van der Waals surface area contributed by atoms with Gasteiger partial charge >= 0.3 is 0 Å². The van der Waals surface area contributed by atoms with Gasteiger partial charge in [0.2, 0.25) is 0 Å². The second-order valence-corrected chi connectivity index (χ2v) is 4.44. The number of hydrogen-bond donors (Lipinski definition) is 4. The molecule has 0 radical (unpaired) electrons. The minimum atomic E-state index is -0.545. The number of rotatable bonds is 4. The molecule has 1 unspecified atom stereocenters. The summed E-state index contributed by atoms with van der Waals surface area (Å²) in [5.74, 6) is -0.267. The van der Waals surface area contributed by atoms with Crippen molar-refractivity contribution < 1.29 is 15.3 Å². The van der Waals surface area contributed by atoms with Crippen molar-refractivity contribution in [3.8, 4) is 11.5 Å². The van der Waals surface area contributed by atoms with E-state index in [-0.39, 0.29) is 11.5 Å². The fourth-order valence-corrected chi connectivity index (χ4v) is 1.90. The molecule has 4 nitrogen and oxygen atoms in total. The minimum absolute atomic E-state index is 0.131. The molecule has 0 fully saturated rings. The van der Waals surface area contributed by atoms with Gasteiger partial charge in [-0.2, -0.15) is 0 Å². The first kappa shape index (κ1) is 13.2. The average molecular weight is 259 g/mol. The molecule has 0 aliphatic heterocycles. The molecule has 0 saturated carbocycles. The number of anilines is 1. The highest BCUT2D eigenvalue weighted by Gasteiger charge is 2.07. The van der Waals surface area contributed by atoms with Crippen molar-refractivity contribution in [2.75, 3.05) is 5.32 Å². The monoisotopic (exact) mass is 259 g/mol. The van der Waals surface area contributed by atoms with Crippen molar-refractivity contribution in [1.29, 1.82) is 0 Å².